The van der Waals surface area contributed by atoms with Crippen LogP contribution in [0.1, 0.15) is 20.8 Å². The fourth-order valence-electron chi connectivity index (χ4n) is 1.82. The maximum Gasteiger partial charge on any atom is 0.256 e. The lowest BCUT2D eigenvalue weighted by molar-refractivity contribution is 0.0787. The Bertz CT molecular complexity index is 609. The Labute approximate surface area is 125 Å². The van der Waals surface area contributed by atoms with Crippen LogP contribution < -0.4 is 5.73 Å². The van der Waals surface area contributed by atoms with Crippen LogP contribution in [-0.4, -0.2) is 17.9 Å². The highest BCUT2D eigenvalue weighted by Gasteiger charge is 2.16. The van der Waals surface area contributed by atoms with Gasteiger partial charge in [0.2, 0.25) is 0 Å². The quantitative estimate of drug-likeness (QED) is 0.868. The predicted molar refractivity (Wildman–Crippen MR) is 83.4 cm³/mol. The molecule has 0 unspecified atom stereocenters. The number of thiophene rings is 1. The minimum absolute atomic E-state index is 0.0503. The number of hydrogen-bond acceptors (Lipinski definition) is 3. The molecule has 0 fully saturated rings. The van der Waals surface area contributed by atoms with Crippen LogP contribution in [-0.2, 0) is 6.54 Å². The minimum atomic E-state index is -0.0503. The van der Waals surface area contributed by atoms with Gasteiger partial charge in [0.15, 0.2) is 0 Å². The van der Waals surface area contributed by atoms with Crippen LogP contribution >= 0.6 is 27.3 Å². The first kappa shape index (κ1) is 14.1. The molecular weight excluding hydrogens is 324 g/mol. The van der Waals surface area contributed by atoms with Crippen molar-refractivity contribution in [2.75, 3.05) is 12.8 Å². The molecule has 100 valence electrons. The summed E-state index contributed by atoms with van der Waals surface area (Å²) in [7, 11) is 1.79. The maximum atomic E-state index is 12.4. The van der Waals surface area contributed by atoms with E-state index in [2.05, 4.69) is 15.9 Å². The van der Waals surface area contributed by atoms with Crippen molar-refractivity contribution in [3.8, 4) is 0 Å². The van der Waals surface area contributed by atoms with E-state index in [0.717, 1.165) is 14.9 Å². The molecule has 0 saturated heterocycles. The Balaban J connectivity index is 2.17. The zero-order valence-corrected chi connectivity index (χ0v) is 13.2. The average molecular weight is 339 g/mol. The minimum Gasteiger partial charge on any atom is -0.398 e. The number of para-hydroxylation sites is 1. The molecule has 1 aromatic heterocycles. The van der Waals surface area contributed by atoms with E-state index in [0.29, 0.717) is 17.8 Å². The predicted octanol–water partition coefficient (Wildman–Crippen LogP) is 3.67. The van der Waals surface area contributed by atoms with E-state index in [9.17, 15) is 4.79 Å². The molecule has 0 radical (unpaired) electrons. The standard InChI is InChI=1S/C14H15BrN2OS/c1-9-4-3-5-12(13(9)16)14(18)17(2)7-11-6-10(15)8-19-11/h3-6,8H,7,16H2,1-2H3. The Morgan fingerprint density at radius 2 is 2.21 bits per heavy atom. The van der Waals surface area contributed by atoms with Crippen molar-refractivity contribution in [3.05, 3.63) is 50.1 Å². The number of halogens is 1. The van der Waals surface area contributed by atoms with Gasteiger partial charge in [0, 0.05) is 27.5 Å². The van der Waals surface area contributed by atoms with Gasteiger partial charge in [-0.3, -0.25) is 4.79 Å². The highest BCUT2D eigenvalue weighted by molar-refractivity contribution is 9.10. The highest BCUT2D eigenvalue weighted by Crippen LogP contribution is 2.23. The molecule has 1 aromatic carbocycles. The van der Waals surface area contributed by atoms with Crippen molar-refractivity contribution in [2.24, 2.45) is 0 Å². The van der Waals surface area contributed by atoms with Gasteiger partial charge in [-0.15, -0.1) is 11.3 Å². The molecule has 1 amide bonds. The molecule has 19 heavy (non-hydrogen) atoms. The first-order chi connectivity index (χ1) is 8.99. The first-order valence-corrected chi connectivity index (χ1v) is 7.49. The number of anilines is 1. The van der Waals surface area contributed by atoms with Gasteiger partial charge in [-0.1, -0.05) is 12.1 Å². The van der Waals surface area contributed by atoms with E-state index >= 15 is 0 Å². The van der Waals surface area contributed by atoms with Crippen LogP contribution in [0.3, 0.4) is 0 Å². The zero-order chi connectivity index (χ0) is 14.0. The maximum absolute atomic E-state index is 12.4. The lowest BCUT2D eigenvalue weighted by atomic mass is 10.1. The fraction of sp³-hybridized carbons (Fsp3) is 0.214. The molecule has 3 nitrogen and oxygen atoms in total. The van der Waals surface area contributed by atoms with Crippen molar-refractivity contribution in [1.82, 2.24) is 4.90 Å². The van der Waals surface area contributed by atoms with Gasteiger partial charge in [0.1, 0.15) is 0 Å². The third-order valence-electron chi connectivity index (χ3n) is 2.92. The van der Waals surface area contributed by atoms with Crippen LogP contribution in [0.5, 0.6) is 0 Å². The number of benzene rings is 1. The number of amides is 1. The Morgan fingerprint density at radius 1 is 1.47 bits per heavy atom. The van der Waals surface area contributed by atoms with Crippen LogP contribution in [0.4, 0.5) is 5.69 Å². The highest BCUT2D eigenvalue weighted by atomic mass is 79.9. The van der Waals surface area contributed by atoms with Crippen molar-refractivity contribution in [2.45, 2.75) is 13.5 Å². The van der Waals surface area contributed by atoms with Gasteiger partial charge in [-0.25, -0.2) is 0 Å². The van der Waals surface area contributed by atoms with Crippen molar-refractivity contribution < 1.29 is 4.79 Å². The molecular formula is C14H15BrN2OS. The van der Waals surface area contributed by atoms with Gasteiger partial charge in [0.05, 0.1) is 12.1 Å². The number of aryl methyl sites for hydroxylation is 1. The number of nitrogen functional groups attached to an aromatic ring is 1. The number of carbonyl (C=O) groups excluding carboxylic acids is 1. The Kier molecular flexibility index (Phi) is 4.27. The summed E-state index contributed by atoms with van der Waals surface area (Å²) >= 11 is 5.04. The number of carbonyl (C=O) groups is 1. The number of nitrogens with two attached hydrogens (primary N) is 1. The summed E-state index contributed by atoms with van der Waals surface area (Å²) in [6.07, 6.45) is 0. The zero-order valence-electron chi connectivity index (χ0n) is 10.8. The van der Waals surface area contributed by atoms with Crippen LogP contribution in [0.25, 0.3) is 0 Å². The molecule has 0 aliphatic rings. The fourth-order valence-corrected chi connectivity index (χ4v) is 3.32. The van der Waals surface area contributed by atoms with Gasteiger partial charge < -0.3 is 10.6 Å². The van der Waals surface area contributed by atoms with E-state index in [-0.39, 0.29) is 5.91 Å². The van der Waals surface area contributed by atoms with Crippen molar-refractivity contribution in [1.29, 1.82) is 0 Å². The first-order valence-electron chi connectivity index (χ1n) is 5.82. The van der Waals surface area contributed by atoms with Gasteiger partial charge in [-0.05, 0) is 40.5 Å². The monoisotopic (exact) mass is 338 g/mol. The van der Waals surface area contributed by atoms with E-state index in [4.69, 9.17) is 5.73 Å². The van der Waals surface area contributed by atoms with Crippen molar-refractivity contribution >= 4 is 38.9 Å². The Morgan fingerprint density at radius 3 is 2.84 bits per heavy atom. The van der Waals surface area contributed by atoms with E-state index in [1.807, 2.05) is 30.5 Å². The number of hydrogen-bond donors (Lipinski definition) is 1. The molecule has 0 bridgehead atoms. The SMILES string of the molecule is Cc1cccc(C(=O)N(C)Cc2cc(Br)cs2)c1N. The summed E-state index contributed by atoms with van der Waals surface area (Å²) in [6, 6.07) is 7.55. The summed E-state index contributed by atoms with van der Waals surface area (Å²) in [5, 5.41) is 2.01. The molecule has 2 rings (SSSR count). The molecule has 5 heteroatoms. The normalized spacial score (nSPS) is 10.5. The van der Waals surface area contributed by atoms with Gasteiger partial charge in [0.25, 0.3) is 5.91 Å². The largest absolute Gasteiger partial charge is 0.398 e. The summed E-state index contributed by atoms with van der Waals surface area (Å²) in [5.74, 6) is -0.0503. The van der Waals surface area contributed by atoms with E-state index < -0.39 is 0 Å². The average Bonchev–Trinajstić information content (AvgIpc) is 2.77. The van der Waals surface area contributed by atoms with Gasteiger partial charge >= 0.3 is 0 Å². The molecule has 2 N–H and O–H groups in total. The lowest BCUT2D eigenvalue weighted by Crippen LogP contribution is -2.26. The third-order valence-corrected chi connectivity index (χ3v) is 4.60. The topological polar surface area (TPSA) is 46.3 Å². The molecule has 1 heterocycles. The van der Waals surface area contributed by atoms with Crippen LogP contribution in [0, 0.1) is 6.92 Å². The second kappa shape index (κ2) is 5.75. The smallest absolute Gasteiger partial charge is 0.256 e. The molecule has 0 aliphatic carbocycles. The van der Waals surface area contributed by atoms with Crippen LogP contribution in [0.2, 0.25) is 0 Å². The molecule has 0 spiro atoms. The second-order valence-corrected chi connectivity index (χ2v) is 6.34. The molecule has 0 saturated carbocycles. The lowest BCUT2D eigenvalue weighted by Gasteiger charge is -2.18. The molecule has 0 atom stereocenters. The van der Waals surface area contributed by atoms with Gasteiger partial charge in [-0.2, -0.15) is 0 Å². The summed E-state index contributed by atoms with van der Waals surface area (Å²) in [5.41, 5.74) is 8.02. The summed E-state index contributed by atoms with van der Waals surface area (Å²) < 4.78 is 1.04. The molecule has 0 aliphatic heterocycles. The number of nitrogens with zero attached hydrogens (tertiary/aromatic N) is 1. The number of rotatable bonds is 3. The van der Waals surface area contributed by atoms with E-state index in [1.54, 1.807) is 29.4 Å². The summed E-state index contributed by atoms with van der Waals surface area (Å²) in [6.45, 7) is 2.49. The third kappa shape index (κ3) is 3.16. The van der Waals surface area contributed by atoms with Crippen molar-refractivity contribution in [3.63, 3.8) is 0 Å². The summed E-state index contributed by atoms with van der Waals surface area (Å²) in [4.78, 5) is 15.2. The molecule has 2 aromatic rings. The second-order valence-electron chi connectivity index (χ2n) is 4.43. The Hall–Kier alpha value is -1.33. The van der Waals surface area contributed by atoms with Crippen LogP contribution in [0.15, 0.2) is 34.1 Å². The van der Waals surface area contributed by atoms with E-state index in [1.165, 1.54) is 0 Å².